The Kier molecular flexibility index (Phi) is 66.4. The number of rotatable bonds is 68. The molecular formula is C69H131N3O14S4. The van der Waals surface area contributed by atoms with Crippen molar-refractivity contribution in [3.05, 3.63) is 0 Å². The summed E-state index contributed by atoms with van der Waals surface area (Å²) in [6.45, 7) is 18.6. The second-order valence-corrected chi connectivity index (χ2v) is 29.3. The third-order valence-electron chi connectivity index (χ3n) is 15.6. The average molecular weight is 1360 g/mol. The molecule has 2 unspecified atom stereocenters. The lowest BCUT2D eigenvalue weighted by Crippen LogP contribution is -2.34. The minimum atomic E-state index is -0.746. The summed E-state index contributed by atoms with van der Waals surface area (Å²) in [6.07, 6.45) is 33.8. The van der Waals surface area contributed by atoms with Gasteiger partial charge in [-0.3, -0.25) is 19.2 Å². The van der Waals surface area contributed by atoms with Gasteiger partial charge >= 0.3 is 36.2 Å². The second-order valence-electron chi connectivity index (χ2n) is 23.9. The number of hydrogen-bond donors (Lipinski definition) is 0. The van der Waals surface area contributed by atoms with Crippen molar-refractivity contribution in [1.29, 1.82) is 0 Å². The molecule has 0 radical (unpaired) electrons. The van der Waals surface area contributed by atoms with Gasteiger partial charge in [0.15, 0.2) is 0 Å². The molecule has 0 aliphatic heterocycles. The van der Waals surface area contributed by atoms with E-state index in [9.17, 15) is 28.8 Å². The normalized spacial score (nSPS) is 12.1. The molecule has 0 bridgehead atoms. The first-order chi connectivity index (χ1) is 43.9. The Balaban J connectivity index is 5.40. The van der Waals surface area contributed by atoms with E-state index in [1.807, 2.05) is 21.6 Å². The molecule has 0 rings (SSSR count). The Morgan fingerprint density at radius 3 is 0.933 bits per heavy atom. The summed E-state index contributed by atoms with van der Waals surface area (Å²) in [5.41, 5.74) is 0. The molecule has 0 saturated carbocycles. The highest BCUT2D eigenvalue weighted by Crippen LogP contribution is 2.25. The van der Waals surface area contributed by atoms with Gasteiger partial charge in [-0.25, -0.2) is 9.59 Å². The maximum Gasteiger partial charge on any atom is 0.508 e. The maximum absolute atomic E-state index is 12.9. The molecular weight excluding hydrogens is 1220 g/mol. The minimum Gasteiger partial charge on any atom is -0.465 e. The third-order valence-corrected chi connectivity index (χ3v) is 20.5. The molecule has 0 spiro atoms. The van der Waals surface area contributed by atoms with E-state index in [1.54, 1.807) is 21.6 Å². The number of ether oxygens (including phenoxy) is 8. The Hall–Kier alpha value is -2.30. The van der Waals surface area contributed by atoms with Gasteiger partial charge in [-0.15, -0.1) is 0 Å². The summed E-state index contributed by atoms with van der Waals surface area (Å²) in [6, 6.07) is 0. The molecule has 21 heteroatoms. The number of esters is 4. The largest absolute Gasteiger partial charge is 0.508 e. The number of nitrogens with zero attached hydrogens (tertiary/aromatic N) is 3. The van der Waals surface area contributed by atoms with Gasteiger partial charge in [0.05, 0.1) is 38.9 Å². The van der Waals surface area contributed by atoms with Gasteiger partial charge in [0, 0.05) is 49.2 Å². The first-order valence-electron chi connectivity index (χ1n) is 35.7. The summed E-state index contributed by atoms with van der Waals surface area (Å²) in [4.78, 5) is 83.0. The Morgan fingerprint density at radius 1 is 0.289 bits per heavy atom. The zero-order chi connectivity index (χ0) is 66.0. The van der Waals surface area contributed by atoms with E-state index >= 15 is 0 Å². The molecule has 0 aromatic rings. The highest BCUT2D eigenvalue weighted by Gasteiger charge is 2.18. The third kappa shape index (κ3) is 61.9. The van der Waals surface area contributed by atoms with Crippen LogP contribution in [0.15, 0.2) is 0 Å². The fourth-order valence-electron chi connectivity index (χ4n) is 10.0. The fourth-order valence-corrected chi connectivity index (χ4v) is 14.0. The maximum atomic E-state index is 12.9. The van der Waals surface area contributed by atoms with E-state index < -0.39 is 24.2 Å². The Bertz CT molecular complexity index is 1560. The van der Waals surface area contributed by atoms with Crippen molar-refractivity contribution < 1.29 is 66.7 Å². The number of hydrogen-bond acceptors (Lipinski definition) is 21. The zero-order valence-electron chi connectivity index (χ0n) is 58.0. The van der Waals surface area contributed by atoms with Gasteiger partial charge in [-0.1, -0.05) is 226 Å². The van der Waals surface area contributed by atoms with E-state index in [2.05, 4.69) is 63.3 Å². The topological polar surface area (TPSA) is 186 Å². The number of unbranched alkanes of at least 4 members (excludes halogenated alkanes) is 18. The monoisotopic (exact) mass is 1350 g/mol. The van der Waals surface area contributed by atoms with Gasteiger partial charge in [-0.2, -0.15) is 0 Å². The van der Waals surface area contributed by atoms with Crippen molar-refractivity contribution in [2.75, 3.05) is 135 Å². The van der Waals surface area contributed by atoms with Crippen LogP contribution in [0.2, 0.25) is 0 Å². The second kappa shape index (κ2) is 68.1. The molecule has 2 atom stereocenters. The summed E-state index contributed by atoms with van der Waals surface area (Å²) in [5, 5.41) is 0. The van der Waals surface area contributed by atoms with Crippen LogP contribution in [-0.2, 0) is 57.1 Å². The van der Waals surface area contributed by atoms with Crippen molar-refractivity contribution in [3.8, 4) is 0 Å². The molecule has 0 heterocycles. The van der Waals surface area contributed by atoms with Crippen LogP contribution in [0.5, 0.6) is 0 Å². The van der Waals surface area contributed by atoms with Crippen LogP contribution in [-0.4, -0.2) is 186 Å². The molecule has 17 nitrogen and oxygen atoms in total. The molecule has 0 amide bonds. The van der Waals surface area contributed by atoms with Crippen LogP contribution < -0.4 is 0 Å². The molecule has 0 aromatic heterocycles. The van der Waals surface area contributed by atoms with Gasteiger partial charge in [0.2, 0.25) is 0 Å². The Morgan fingerprint density at radius 2 is 0.578 bits per heavy atom. The van der Waals surface area contributed by atoms with E-state index in [0.29, 0.717) is 77.5 Å². The van der Waals surface area contributed by atoms with E-state index in [-0.39, 0.29) is 64.0 Å². The van der Waals surface area contributed by atoms with Crippen molar-refractivity contribution in [1.82, 2.24) is 14.7 Å². The van der Waals surface area contributed by atoms with E-state index in [4.69, 9.17) is 37.9 Å². The van der Waals surface area contributed by atoms with Gasteiger partial charge in [0.1, 0.15) is 39.6 Å². The minimum absolute atomic E-state index is 0.0753. The van der Waals surface area contributed by atoms with E-state index in [1.165, 1.54) is 116 Å². The smallest absolute Gasteiger partial charge is 0.465 e. The van der Waals surface area contributed by atoms with Crippen LogP contribution in [0.4, 0.5) is 9.59 Å². The molecule has 0 aromatic carbocycles. The zero-order valence-corrected chi connectivity index (χ0v) is 61.3. The van der Waals surface area contributed by atoms with Crippen LogP contribution in [0.25, 0.3) is 0 Å². The van der Waals surface area contributed by atoms with Gasteiger partial charge < -0.3 is 52.6 Å². The SMILES string of the molecule is CCCCCCCCSSCCOC(=O)CCN(CCCN(C)CCCN(CCC(=O)OCCOC(=O)OCC(CCCC)CCCCCC)CCC(=O)OCCSSCCCCCCCC)CCC(=O)OCCOC(=O)OCC(CCCC)CCCCCC. The van der Waals surface area contributed by atoms with Gasteiger partial charge in [-0.05, 0) is 96.4 Å². The summed E-state index contributed by atoms with van der Waals surface area (Å²) >= 11 is 0. The molecule has 0 aliphatic carbocycles. The predicted molar refractivity (Wildman–Crippen MR) is 377 cm³/mol. The molecule has 0 aliphatic rings. The summed E-state index contributed by atoms with van der Waals surface area (Å²) < 4.78 is 43.5. The molecule has 0 N–H and O–H groups in total. The summed E-state index contributed by atoms with van der Waals surface area (Å²) in [7, 11) is 9.22. The molecule has 90 heavy (non-hydrogen) atoms. The highest BCUT2D eigenvalue weighted by atomic mass is 33.1. The first kappa shape index (κ1) is 87.7. The average Bonchev–Trinajstić information content (AvgIpc) is 3.69. The fraction of sp³-hybridized carbons (Fsp3) is 0.913. The quantitative estimate of drug-likeness (QED) is 0.0242. The van der Waals surface area contributed by atoms with Crippen molar-refractivity contribution in [2.45, 2.75) is 260 Å². The standard InChI is InChI=1S/C69H131N3O14S4/c1-8-14-20-24-26-30-56-87-89-58-54-81-66(75)40-48-71(46-38-64(73)79-50-52-83-68(77)85-60-62(34-18-12-5)36-28-22-16-10-3)44-32-42-70(7)43-33-45-72(49-41-67(76)82-55-59-90-88-57-31-27-25-21-15-9-2)47-39-65(74)80-51-53-84-69(78)86-61-63(35-19-13-6)37-29-23-17-11-4/h62-63H,8-61H2,1-7H3. The number of carbonyl (C=O) groups is 6. The molecule has 0 saturated heterocycles. The lowest BCUT2D eigenvalue weighted by atomic mass is 9.96. The van der Waals surface area contributed by atoms with Crippen molar-refractivity contribution in [2.24, 2.45) is 11.8 Å². The van der Waals surface area contributed by atoms with Crippen molar-refractivity contribution in [3.63, 3.8) is 0 Å². The lowest BCUT2D eigenvalue weighted by Gasteiger charge is -2.25. The van der Waals surface area contributed by atoms with Crippen LogP contribution in [0.1, 0.15) is 260 Å². The van der Waals surface area contributed by atoms with Crippen LogP contribution in [0, 0.1) is 11.8 Å². The summed E-state index contributed by atoms with van der Waals surface area (Å²) in [5.74, 6) is 2.93. The molecule has 530 valence electrons. The van der Waals surface area contributed by atoms with E-state index in [0.717, 1.165) is 113 Å². The Labute approximate surface area is 564 Å². The van der Waals surface area contributed by atoms with Crippen molar-refractivity contribution >= 4 is 79.4 Å². The first-order valence-corrected chi connectivity index (χ1v) is 40.7. The predicted octanol–water partition coefficient (Wildman–Crippen LogP) is 17.4. The highest BCUT2D eigenvalue weighted by molar-refractivity contribution is 8.77. The van der Waals surface area contributed by atoms with Crippen LogP contribution >= 0.6 is 43.2 Å². The molecule has 0 fully saturated rings. The lowest BCUT2D eigenvalue weighted by molar-refractivity contribution is -0.146. The number of carbonyl (C=O) groups excluding carboxylic acids is 6. The van der Waals surface area contributed by atoms with Gasteiger partial charge in [0.25, 0.3) is 0 Å². The van der Waals surface area contributed by atoms with Crippen LogP contribution in [0.3, 0.4) is 0 Å².